The van der Waals surface area contributed by atoms with Gasteiger partial charge in [0.15, 0.2) is 5.65 Å². The van der Waals surface area contributed by atoms with Crippen molar-refractivity contribution in [2.24, 2.45) is 0 Å². The van der Waals surface area contributed by atoms with Crippen LogP contribution >= 0.6 is 24.0 Å². The second kappa shape index (κ2) is 9.49. The molecule has 0 aliphatic carbocycles. The van der Waals surface area contributed by atoms with Gasteiger partial charge in [-0.15, -0.1) is 12.4 Å². The van der Waals surface area contributed by atoms with E-state index in [2.05, 4.69) is 15.3 Å². The maximum absolute atomic E-state index is 13.3. The molecule has 1 saturated heterocycles. The number of methoxy groups -OCH3 is 1. The molecule has 1 fully saturated rings. The van der Waals surface area contributed by atoms with Gasteiger partial charge in [0.25, 0.3) is 5.91 Å². The molecule has 1 N–H and O–H groups in total. The first-order valence-corrected chi connectivity index (χ1v) is 10.1. The van der Waals surface area contributed by atoms with Crippen LogP contribution in [0, 0.1) is 6.92 Å². The summed E-state index contributed by atoms with van der Waals surface area (Å²) in [5, 5.41) is 4.67. The zero-order valence-corrected chi connectivity index (χ0v) is 18.5. The largest absolute Gasteiger partial charge is 0.495 e. The summed E-state index contributed by atoms with van der Waals surface area (Å²) in [6.45, 7) is 3.47. The third kappa shape index (κ3) is 4.45. The van der Waals surface area contributed by atoms with Crippen LogP contribution < -0.4 is 10.1 Å². The molecule has 0 spiro atoms. The number of hydrogen-bond acceptors (Lipinski definition) is 5. The second-order valence-electron chi connectivity index (χ2n) is 7.20. The number of fused-ring (bicyclic) bond motifs is 1. The van der Waals surface area contributed by atoms with Crippen LogP contribution in [-0.4, -0.2) is 41.0 Å². The quantitative estimate of drug-likeness (QED) is 0.581. The Balaban J connectivity index is 0.00000256. The zero-order valence-electron chi connectivity index (χ0n) is 16.9. The fraction of sp³-hybridized carbons (Fsp3) is 0.318. The maximum Gasteiger partial charge on any atom is 0.257 e. The number of aromatic nitrogens is 2. The van der Waals surface area contributed by atoms with Crippen molar-refractivity contribution in [1.82, 2.24) is 14.9 Å². The summed E-state index contributed by atoms with van der Waals surface area (Å²) in [6.07, 6.45) is 4.85. The molecule has 158 valence electrons. The van der Waals surface area contributed by atoms with Crippen LogP contribution in [0.5, 0.6) is 5.75 Å². The van der Waals surface area contributed by atoms with Crippen LogP contribution in [0.25, 0.3) is 11.0 Å². The Labute approximate surface area is 187 Å². The highest BCUT2D eigenvalue weighted by molar-refractivity contribution is 6.32. The zero-order chi connectivity index (χ0) is 20.4. The van der Waals surface area contributed by atoms with Gasteiger partial charge in [-0.25, -0.2) is 9.97 Å². The number of nitrogens with one attached hydrogen (secondary N) is 1. The molecule has 3 aromatic rings. The van der Waals surface area contributed by atoms with Gasteiger partial charge in [0.1, 0.15) is 5.75 Å². The number of pyridine rings is 2. The van der Waals surface area contributed by atoms with Crippen molar-refractivity contribution in [3.63, 3.8) is 0 Å². The van der Waals surface area contributed by atoms with Gasteiger partial charge in [0, 0.05) is 36.1 Å². The van der Waals surface area contributed by atoms with Gasteiger partial charge in [-0.3, -0.25) is 4.79 Å². The Morgan fingerprint density at radius 3 is 2.63 bits per heavy atom. The molecule has 1 aliphatic heterocycles. The SMILES string of the molecule is COc1ccc(Nc2c(C(=O)N3CCCCC3)cnc3nc(C)ccc23)cc1Cl.Cl. The van der Waals surface area contributed by atoms with E-state index in [4.69, 9.17) is 16.3 Å². The lowest BCUT2D eigenvalue weighted by Gasteiger charge is -2.27. The van der Waals surface area contributed by atoms with Gasteiger partial charge < -0.3 is 15.0 Å². The number of piperidine rings is 1. The molecule has 4 rings (SSSR count). The normalized spacial score (nSPS) is 13.6. The summed E-state index contributed by atoms with van der Waals surface area (Å²) in [6, 6.07) is 9.32. The molecule has 0 unspecified atom stereocenters. The fourth-order valence-corrected chi connectivity index (χ4v) is 3.88. The Morgan fingerprint density at radius 1 is 1.17 bits per heavy atom. The maximum atomic E-state index is 13.3. The monoisotopic (exact) mass is 446 g/mol. The van der Waals surface area contributed by atoms with E-state index in [-0.39, 0.29) is 18.3 Å². The highest BCUT2D eigenvalue weighted by Crippen LogP contribution is 2.33. The Kier molecular flexibility index (Phi) is 7.00. The summed E-state index contributed by atoms with van der Waals surface area (Å²) < 4.78 is 5.23. The lowest BCUT2D eigenvalue weighted by atomic mass is 10.1. The number of nitrogens with zero attached hydrogens (tertiary/aromatic N) is 3. The Hall–Kier alpha value is -2.57. The van der Waals surface area contributed by atoms with Gasteiger partial charge in [-0.1, -0.05) is 11.6 Å². The van der Waals surface area contributed by atoms with Crippen molar-refractivity contribution in [1.29, 1.82) is 0 Å². The number of halogens is 2. The van der Waals surface area contributed by atoms with E-state index in [1.807, 2.05) is 30.0 Å². The molecule has 0 saturated carbocycles. The number of benzene rings is 1. The lowest BCUT2D eigenvalue weighted by molar-refractivity contribution is 0.0725. The first-order valence-electron chi connectivity index (χ1n) is 9.73. The molecular formula is C22H24Cl2N4O2. The van der Waals surface area contributed by atoms with Crippen LogP contribution in [0.1, 0.15) is 35.3 Å². The van der Waals surface area contributed by atoms with E-state index in [0.29, 0.717) is 27.7 Å². The van der Waals surface area contributed by atoms with E-state index >= 15 is 0 Å². The van der Waals surface area contributed by atoms with Crippen molar-refractivity contribution >= 4 is 52.3 Å². The standard InChI is InChI=1S/C22H23ClN4O2.ClH/c1-14-6-8-16-20(26-15-7-9-19(29-2)18(23)12-15)17(13-24-21(16)25-14)22(28)27-10-4-3-5-11-27;/h6-9,12-13H,3-5,10-11H2,1-2H3,(H,24,25,26);1H. The molecule has 0 radical (unpaired) electrons. The number of amides is 1. The van der Waals surface area contributed by atoms with Gasteiger partial charge in [-0.05, 0) is 56.5 Å². The lowest BCUT2D eigenvalue weighted by Crippen LogP contribution is -2.36. The number of carbonyl (C=O) groups excluding carboxylic acids is 1. The molecule has 3 heterocycles. The average Bonchev–Trinajstić information content (AvgIpc) is 2.74. The minimum absolute atomic E-state index is 0. The van der Waals surface area contributed by atoms with Crippen molar-refractivity contribution in [2.75, 3.05) is 25.5 Å². The molecule has 6 nitrogen and oxygen atoms in total. The number of aryl methyl sites for hydroxylation is 1. The second-order valence-corrected chi connectivity index (χ2v) is 7.61. The number of ether oxygens (including phenoxy) is 1. The van der Waals surface area contributed by atoms with Gasteiger partial charge in [-0.2, -0.15) is 0 Å². The Bertz CT molecular complexity index is 1070. The number of carbonyl (C=O) groups is 1. The molecule has 0 bridgehead atoms. The molecule has 0 atom stereocenters. The minimum atomic E-state index is -0.0122. The molecule has 8 heteroatoms. The van der Waals surface area contributed by atoms with Crippen LogP contribution in [0.15, 0.2) is 36.5 Å². The minimum Gasteiger partial charge on any atom is -0.495 e. The summed E-state index contributed by atoms with van der Waals surface area (Å²) in [5.74, 6) is 0.584. The highest BCUT2D eigenvalue weighted by atomic mass is 35.5. The van der Waals surface area contributed by atoms with E-state index < -0.39 is 0 Å². The van der Waals surface area contributed by atoms with Crippen LogP contribution in [0.4, 0.5) is 11.4 Å². The molecule has 2 aromatic heterocycles. The van der Waals surface area contributed by atoms with Crippen LogP contribution in [-0.2, 0) is 0 Å². The summed E-state index contributed by atoms with van der Waals surface area (Å²) >= 11 is 6.29. The molecule has 30 heavy (non-hydrogen) atoms. The van der Waals surface area contributed by atoms with Crippen LogP contribution in [0.2, 0.25) is 5.02 Å². The van der Waals surface area contributed by atoms with Crippen LogP contribution in [0.3, 0.4) is 0 Å². The highest BCUT2D eigenvalue weighted by Gasteiger charge is 2.23. The Morgan fingerprint density at radius 2 is 1.93 bits per heavy atom. The number of likely N-dealkylation sites (tertiary alicyclic amines) is 1. The first-order chi connectivity index (χ1) is 14.1. The molecular weight excluding hydrogens is 423 g/mol. The topological polar surface area (TPSA) is 67.3 Å². The van der Waals surface area contributed by atoms with Crippen molar-refractivity contribution in [2.45, 2.75) is 26.2 Å². The van der Waals surface area contributed by atoms with Gasteiger partial charge in [0.2, 0.25) is 0 Å². The number of hydrogen-bond donors (Lipinski definition) is 1. The van der Waals surface area contributed by atoms with E-state index in [1.165, 1.54) is 6.42 Å². The third-order valence-corrected chi connectivity index (χ3v) is 5.46. The van der Waals surface area contributed by atoms with Crippen molar-refractivity contribution in [3.05, 3.63) is 52.8 Å². The van der Waals surface area contributed by atoms with Crippen molar-refractivity contribution in [3.8, 4) is 5.75 Å². The fourth-order valence-electron chi connectivity index (χ4n) is 3.62. The smallest absolute Gasteiger partial charge is 0.257 e. The van der Waals surface area contributed by atoms with Gasteiger partial charge in [0.05, 0.1) is 23.4 Å². The van der Waals surface area contributed by atoms with Crippen molar-refractivity contribution < 1.29 is 9.53 Å². The number of rotatable bonds is 4. The predicted molar refractivity (Wildman–Crippen MR) is 123 cm³/mol. The molecule has 1 aromatic carbocycles. The van der Waals surface area contributed by atoms with Gasteiger partial charge >= 0.3 is 0 Å². The van der Waals surface area contributed by atoms with E-state index in [0.717, 1.165) is 42.7 Å². The third-order valence-electron chi connectivity index (χ3n) is 5.16. The van der Waals surface area contributed by atoms with E-state index in [9.17, 15) is 4.79 Å². The summed E-state index contributed by atoms with van der Waals surface area (Å²) in [7, 11) is 1.58. The predicted octanol–water partition coefficient (Wildman–Crippen LogP) is 5.39. The molecule has 1 aliphatic rings. The molecule has 1 amide bonds. The summed E-state index contributed by atoms with van der Waals surface area (Å²) in [4.78, 5) is 24.1. The first kappa shape index (κ1) is 22.1. The van der Waals surface area contributed by atoms with E-state index in [1.54, 1.807) is 25.4 Å². The average molecular weight is 447 g/mol. The summed E-state index contributed by atoms with van der Waals surface area (Å²) in [5.41, 5.74) is 3.47. The number of anilines is 2.